The molecule has 0 saturated heterocycles. The maximum atomic E-state index is 6.68. The summed E-state index contributed by atoms with van der Waals surface area (Å²) in [5.41, 5.74) is 3.06. The van der Waals surface area contributed by atoms with Gasteiger partial charge in [0, 0.05) is 8.95 Å². The van der Waals surface area contributed by atoms with Gasteiger partial charge in [-0.2, -0.15) is 0 Å². The van der Waals surface area contributed by atoms with Crippen molar-refractivity contribution in [3.8, 4) is 11.5 Å². The zero-order chi connectivity index (χ0) is 15.6. The van der Waals surface area contributed by atoms with Crippen LogP contribution in [0.5, 0.6) is 11.5 Å². The highest BCUT2D eigenvalue weighted by Crippen LogP contribution is 2.40. The molecule has 0 aliphatic carbocycles. The Bertz CT molecular complexity index is 659. The van der Waals surface area contributed by atoms with Gasteiger partial charge < -0.3 is 9.47 Å². The molecule has 2 rings (SSSR count). The maximum Gasteiger partial charge on any atom is 0.161 e. The first kappa shape index (κ1) is 16.7. The largest absolute Gasteiger partial charge is 0.493 e. The van der Waals surface area contributed by atoms with Crippen LogP contribution in [-0.2, 0) is 0 Å². The van der Waals surface area contributed by atoms with Crippen LogP contribution < -0.4 is 9.47 Å². The maximum absolute atomic E-state index is 6.68. The molecule has 0 aliphatic rings. The molecule has 0 aliphatic heterocycles. The molecule has 0 N–H and O–H groups in total. The third-order valence-electron chi connectivity index (χ3n) is 3.28. The van der Waals surface area contributed by atoms with Gasteiger partial charge in [-0.25, -0.2) is 0 Å². The first-order chi connectivity index (χ1) is 9.97. The lowest BCUT2D eigenvalue weighted by Gasteiger charge is -2.18. The topological polar surface area (TPSA) is 18.5 Å². The van der Waals surface area contributed by atoms with Crippen molar-refractivity contribution in [1.82, 2.24) is 0 Å². The van der Waals surface area contributed by atoms with Gasteiger partial charge in [0.25, 0.3) is 0 Å². The van der Waals surface area contributed by atoms with Crippen molar-refractivity contribution in [2.24, 2.45) is 0 Å². The molecular weight excluding hydrogens is 419 g/mol. The highest BCUT2D eigenvalue weighted by Gasteiger charge is 2.19. The molecule has 2 aromatic carbocycles. The fourth-order valence-electron chi connectivity index (χ4n) is 2.14. The Morgan fingerprint density at radius 1 is 0.952 bits per heavy atom. The standard InChI is InChI=1S/C16H15Br2ClO2/c1-9-6-14(20-2)15(21-3)8-12(9)16(19)11-5-4-10(17)7-13(11)18/h4-8,16H,1-3H3. The van der Waals surface area contributed by atoms with E-state index in [1.807, 2.05) is 37.3 Å². The zero-order valence-electron chi connectivity index (χ0n) is 11.9. The van der Waals surface area contributed by atoms with Gasteiger partial charge in [0.05, 0.1) is 19.6 Å². The summed E-state index contributed by atoms with van der Waals surface area (Å²) in [5.74, 6) is 1.38. The average Bonchev–Trinajstić information content (AvgIpc) is 2.46. The van der Waals surface area contributed by atoms with Crippen LogP contribution in [0.4, 0.5) is 0 Å². The summed E-state index contributed by atoms with van der Waals surface area (Å²) in [7, 11) is 3.25. The molecular formula is C16H15Br2ClO2. The molecule has 0 heterocycles. The predicted octanol–water partition coefficient (Wildman–Crippen LogP) is 5.87. The molecule has 0 aromatic heterocycles. The minimum atomic E-state index is -0.271. The number of ether oxygens (including phenoxy) is 2. The fourth-order valence-corrected chi connectivity index (χ4v) is 3.98. The van der Waals surface area contributed by atoms with E-state index in [0.717, 1.165) is 25.6 Å². The van der Waals surface area contributed by atoms with Gasteiger partial charge in [-0.15, -0.1) is 11.6 Å². The van der Waals surface area contributed by atoms with Crippen LogP contribution in [-0.4, -0.2) is 14.2 Å². The Kier molecular flexibility index (Phi) is 5.58. The molecule has 0 radical (unpaired) electrons. The molecule has 2 nitrogen and oxygen atoms in total. The minimum absolute atomic E-state index is 0.271. The molecule has 0 amide bonds. The first-order valence-corrected chi connectivity index (χ1v) is 8.31. The van der Waals surface area contributed by atoms with Crippen LogP contribution in [0.3, 0.4) is 0 Å². The van der Waals surface area contributed by atoms with Crippen molar-refractivity contribution in [2.45, 2.75) is 12.3 Å². The third kappa shape index (κ3) is 3.55. The van der Waals surface area contributed by atoms with Crippen LogP contribution in [0.2, 0.25) is 0 Å². The second kappa shape index (κ2) is 7.03. The summed E-state index contributed by atoms with van der Waals surface area (Å²) >= 11 is 13.7. The minimum Gasteiger partial charge on any atom is -0.493 e. The lowest BCUT2D eigenvalue weighted by molar-refractivity contribution is 0.354. The molecule has 112 valence electrons. The molecule has 0 bridgehead atoms. The second-order valence-corrected chi connectivity index (χ2v) is 6.80. The van der Waals surface area contributed by atoms with E-state index in [4.69, 9.17) is 21.1 Å². The average molecular weight is 435 g/mol. The zero-order valence-corrected chi connectivity index (χ0v) is 15.8. The summed E-state index contributed by atoms with van der Waals surface area (Å²) < 4.78 is 12.6. The van der Waals surface area contributed by atoms with Gasteiger partial charge >= 0.3 is 0 Å². The van der Waals surface area contributed by atoms with Gasteiger partial charge in [-0.1, -0.05) is 37.9 Å². The van der Waals surface area contributed by atoms with Gasteiger partial charge in [0.15, 0.2) is 11.5 Å². The molecule has 5 heteroatoms. The molecule has 21 heavy (non-hydrogen) atoms. The van der Waals surface area contributed by atoms with Gasteiger partial charge in [-0.3, -0.25) is 0 Å². The van der Waals surface area contributed by atoms with Gasteiger partial charge in [0.1, 0.15) is 0 Å². The summed E-state index contributed by atoms with van der Waals surface area (Å²) in [4.78, 5) is 0. The lowest BCUT2D eigenvalue weighted by Crippen LogP contribution is -2.00. The van der Waals surface area contributed by atoms with E-state index in [9.17, 15) is 0 Å². The lowest BCUT2D eigenvalue weighted by atomic mass is 9.99. The number of hydrogen-bond donors (Lipinski definition) is 0. The van der Waals surface area contributed by atoms with Crippen molar-refractivity contribution in [1.29, 1.82) is 0 Å². The smallest absolute Gasteiger partial charge is 0.161 e. The van der Waals surface area contributed by atoms with Crippen molar-refractivity contribution in [3.05, 3.63) is 56.0 Å². The van der Waals surface area contributed by atoms with Crippen molar-refractivity contribution >= 4 is 43.5 Å². The Hall–Kier alpha value is -0.710. The van der Waals surface area contributed by atoms with Crippen LogP contribution in [0.25, 0.3) is 0 Å². The number of rotatable bonds is 4. The van der Waals surface area contributed by atoms with E-state index in [1.165, 1.54) is 0 Å². The first-order valence-electron chi connectivity index (χ1n) is 6.29. The van der Waals surface area contributed by atoms with E-state index >= 15 is 0 Å². The Morgan fingerprint density at radius 2 is 1.57 bits per heavy atom. The van der Waals surface area contributed by atoms with Gasteiger partial charge in [-0.05, 0) is 47.9 Å². The van der Waals surface area contributed by atoms with Crippen LogP contribution >= 0.6 is 43.5 Å². The Balaban J connectivity index is 2.50. The number of halogens is 3. The quantitative estimate of drug-likeness (QED) is 0.561. The highest BCUT2D eigenvalue weighted by molar-refractivity contribution is 9.11. The van der Waals surface area contributed by atoms with E-state index < -0.39 is 0 Å². The van der Waals surface area contributed by atoms with Crippen LogP contribution in [0.15, 0.2) is 39.3 Å². The van der Waals surface area contributed by atoms with Crippen molar-refractivity contribution in [3.63, 3.8) is 0 Å². The molecule has 1 unspecified atom stereocenters. The van der Waals surface area contributed by atoms with E-state index in [-0.39, 0.29) is 5.38 Å². The molecule has 0 saturated carbocycles. The van der Waals surface area contributed by atoms with Gasteiger partial charge in [0.2, 0.25) is 0 Å². The number of hydrogen-bond acceptors (Lipinski definition) is 2. The van der Waals surface area contributed by atoms with E-state index in [1.54, 1.807) is 14.2 Å². The molecule has 2 aromatic rings. The van der Waals surface area contributed by atoms with Crippen molar-refractivity contribution in [2.75, 3.05) is 14.2 Å². The summed E-state index contributed by atoms with van der Waals surface area (Å²) in [6.07, 6.45) is 0. The van der Waals surface area contributed by atoms with Crippen LogP contribution in [0.1, 0.15) is 22.1 Å². The highest BCUT2D eigenvalue weighted by atomic mass is 79.9. The molecule has 0 spiro atoms. The summed E-state index contributed by atoms with van der Waals surface area (Å²) in [6, 6.07) is 9.84. The molecule has 1 atom stereocenters. The Morgan fingerprint density at radius 3 is 2.14 bits per heavy atom. The van der Waals surface area contributed by atoms with E-state index in [2.05, 4.69) is 31.9 Å². The number of benzene rings is 2. The monoisotopic (exact) mass is 432 g/mol. The SMILES string of the molecule is COc1cc(C)c(C(Cl)c2ccc(Br)cc2Br)cc1OC. The molecule has 0 fully saturated rings. The third-order valence-corrected chi connectivity index (χ3v) is 4.93. The number of alkyl halides is 1. The number of methoxy groups -OCH3 is 2. The normalized spacial score (nSPS) is 12.1. The van der Waals surface area contributed by atoms with Crippen molar-refractivity contribution < 1.29 is 9.47 Å². The Labute approximate surface area is 146 Å². The second-order valence-electron chi connectivity index (χ2n) is 4.59. The fraction of sp³-hybridized carbons (Fsp3) is 0.250. The predicted molar refractivity (Wildman–Crippen MR) is 93.8 cm³/mol. The summed E-state index contributed by atoms with van der Waals surface area (Å²) in [5, 5.41) is -0.271. The van der Waals surface area contributed by atoms with Crippen LogP contribution in [0, 0.1) is 6.92 Å². The van der Waals surface area contributed by atoms with E-state index in [0.29, 0.717) is 11.5 Å². The summed E-state index contributed by atoms with van der Waals surface area (Å²) in [6.45, 7) is 2.01. The number of aryl methyl sites for hydroxylation is 1.